The van der Waals surface area contributed by atoms with Gasteiger partial charge in [-0.05, 0) is 19.1 Å². The van der Waals surface area contributed by atoms with Crippen molar-refractivity contribution in [2.24, 2.45) is 0 Å². The van der Waals surface area contributed by atoms with Gasteiger partial charge in [0.15, 0.2) is 11.6 Å². The van der Waals surface area contributed by atoms with E-state index in [0.29, 0.717) is 19.0 Å². The predicted molar refractivity (Wildman–Crippen MR) is 51.0 cm³/mol. The second-order valence-corrected chi connectivity index (χ2v) is 2.43. The minimum atomic E-state index is 0.0855. The fourth-order valence-corrected chi connectivity index (χ4v) is 0.970. The van der Waals surface area contributed by atoms with Crippen LogP contribution in [0.4, 0.5) is 5.82 Å². The molecule has 2 N–H and O–H groups in total. The first-order valence-corrected chi connectivity index (χ1v) is 4.31. The van der Waals surface area contributed by atoms with Gasteiger partial charge >= 0.3 is 0 Å². The molecule has 0 aliphatic carbocycles. The van der Waals surface area contributed by atoms with Crippen LogP contribution in [0.1, 0.15) is 6.92 Å². The van der Waals surface area contributed by atoms with Crippen LogP contribution in [0.2, 0.25) is 0 Å². The van der Waals surface area contributed by atoms with Gasteiger partial charge in [-0.3, -0.25) is 0 Å². The maximum atomic E-state index is 8.62. The van der Waals surface area contributed by atoms with E-state index in [1.54, 1.807) is 6.20 Å². The van der Waals surface area contributed by atoms with Gasteiger partial charge in [0.05, 0.1) is 13.2 Å². The van der Waals surface area contributed by atoms with E-state index >= 15 is 0 Å². The Labute approximate surface area is 77.6 Å². The Morgan fingerprint density at radius 3 is 3.15 bits per heavy atom. The van der Waals surface area contributed by atoms with Crippen LogP contribution in [0.15, 0.2) is 18.3 Å². The molecule has 1 aromatic rings. The minimum absolute atomic E-state index is 0.0855. The van der Waals surface area contributed by atoms with E-state index in [-0.39, 0.29) is 6.61 Å². The highest BCUT2D eigenvalue weighted by molar-refractivity contribution is 5.49. The molecule has 4 nitrogen and oxygen atoms in total. The first-order valence-electron chi connectivity index (χ1n) is 4.31. The lowest BCUT2D eigenvalue weighted by molar-refractivity contribution is 0.310. The molecule has 4 heteroatoms. The van der Waals surface area contributed by atoms with Gasteiger partial charge in [0.2, 0.25) is 0 Å². The molecule has 0 saturated heterocycles. The topological polar surface area (TPSA) is 54.4 Å². The van der Waals surface area contributed by atoms with E-state index in [0.717, 1.165) is 5.75 Å². The summed E-state index contributed by atoms with van der Waals surface area (Å²) in [6.07, 6.45) is 1.68. The zero-order chi connectivity index (χ0) is 9.52. The van der Waals surface area contributed by atoms with Gasteiger partial charge in [-0.1, -0.05) is 0 Å². The lowest BCUT2D eigenvalue weighted by Crippen LogP contribution is -2.08. The minimum Gasteiger partial charge on any atom is -0.490 e. The third-order valence-corrected chi connectivity index (χ3v) is 1.47. The summed E-state index contributed by atoms with van der Waals surface area (Å²) < 4.78 is 5.33. The van der Waals surface area contributed by atoms with Crippen LogP contribution in [-0.2, 0) is 0 Å². The molecule has 0 fully saturated rings. The van der Waals surface area contributed by atoms with Crippen LogP contribution in [0.3, 0.4) is 0 Å². The molecule has 1 heterocycles. The third-order valence-electron chi connectivity index (χ3n) is 1.47. The average molecular weight is 182 g/mol. The summed E-state index contributed by atoms with van der Waals surface area (Å²) in [4.78, 5) is 4.09. The number of hydrogen-bond donors (Lipinski definition) is 2. The highest BCUT2D eigenvalue weighted by atomic mass is 16.5. The van der Waals surface area contributed by atoms with Gasteiger partial charge in [-0.15, -0.1) is 0 Å². The van der Waals surface area contributed by atoms with Crippen molar-refractivity contribution in [2.45, 2.75) is 6.92 Å². The Kier molecular flexibility index (Phi) is 4.05. The summed E-state index contributed by atoms with van der Waals surface area (Å²) >= 11 is 0. The molecule has 0 bridgehead atoms. The number of nitrogens with zero attached hydrogens (tertiary/aromatic N) is 1. The Hall–Kier alpha value is -1.29. The van der Waals surface area contributed by atoms with Crippen molar-refractivity contribution in [1.82, 2.24) is 4.98 Å². The largest absolute Gasteiger partial charge is 0.490 e. The molecule has 1 rings (SSSR count). The van der Waals surface area contributed by atoms with E-state index in [1.165, 1.54) is 0 Å². The first kappa shape index (κ1) is 9.80. The van der Waals surface area contributed by atoms with E-state index in [9.17, 15) is 0 Å². The van der Waals surface area contributed by atoms with Gasteiger partial charge in [0, 0.05) is 12.7 Å². The van der Waals surface area contributed by atoms with Crippen LogP contribution in [-0.4, -0.2) is 29.8 Å². The molecule has 0 aliphatic heterocycles. The number of aliphatic hydroxyl groups excluding tert-OH is 1. The predicted octanol–water partition coefficient (Wildman–Crippen LogP) is 0.884. The molecule has 72 valence electrons. The molecule has 0 radical (unpaired) electrons. The summed E-state index contributed by atoms with van der Waals surface area (Å²) in [5.41, 5.74) is 0. The molecule has 0 aromatic carbocycles. The Balaban J connectivity index is 2.66. The van der Waals surface area contributed by atoms with Gasteiger partial charge in [0.1, 0.15) is 0 Å². The highest BCUT2D eigenvalue weighted by Crippen LogP contribution is 2.19. The van der Waals surface area contributed by atoms with Crippen LogP contribution in [0.25, 0.3) is 0 Å². The molecule has 0 atom stereocenters. The molecular weight excluding hydrogens is 168 g/mol. The molecule has 0 amide bonds. The molecule has 0 aliphatic rings. The van der Waals surface area contributed by atoms with Crippen molar-refractivity contribution >= 4 is 5.82 Å². The van der Waals surface area contributed by atoms with Crippen LogP contribution >= 0.6 is 0 Å². The number of pyridine rings is 1. The summed E-state index contributed by atoms with van der Waals surface area (Å²) in [7, 11) is 0. The number of anilines is 1. The van der Waals surface area contributed by atoms with Gasteiger partial charge in [0.25, 0.3) is 0 Å². The van der Waals surface area contributed by atoms with Crippen molar-refractivity contribution in [3.05, 3.63) is 18.3 Å². The maximum Gasteiger partial charge on any atom is 0.168 e. The summed E-state index contributed by atoms with van der Waals surface area (Å²) in [5.74, 6) is 1.40. The number of nitrogens with one attached hydrogen (secondary N) is 1. The SMILES string of the molecule is CCOc1cccnc1NCCO. The van der Waals surface area contributed by atoms with Crippen LogP contribution < -0.4 is 10.1 Å². The van der Waals surface area contributed by atoms with E-state index in [2.05, 4.69) is 10.3 Å². The number of aromatic nitrogens is 1. The Morgan fingerprint density at radius 1 is 1.62 bits per heavy atom. The lowest BCUT2D eigenvalue weighted by atomic mass is 10.4. The van der Waals surface area contributed by atoms with E-state index in [4.69, 9.17) is 9.84 Å². The van der Waals surface area contributed by atoms with Crippen molar-refractivity contribution in [2.75, 3.05) is 25.1 Å². The molecular formula is C9H14N2O2. The van der Waals surface area contributed by atoms with Crippen molar-refractivity contribution in [3.8, 4) is 5.75 Å². The molecule has 1 aromatic heterocycles. The van der Waals surface area contributed by atoms with Crippen molar-refractivity contribution < 1.29 is 9.84 Å². The monoisotopic (exact) mass is 182 g/mol. The number of aliphatic hydroxyl groups is 1. The summed E-state index contributed by atoms with van der Waals surface area (Å²) in [6, 6.07) is 3.66. The van der Waals surface area contributed by atoms with Gasteiger partial charge in [-0.2, -0.15) is 0 Å². The average Bonchev–Trinajstić information content (AvgIpc) is 2.17. The number of ether oxygens (including phenoxy) is 1. The highest BCUT2D eigenvalue weighted by Gasteiger charge is 2.01. The fraction of sp³-hybridized carbons (Fsp3) is 0.444. The molecule has 0 spiro atoms. The Bertz CT molecular complexity index is 253. The van der Waals surface area contributed by atoms with E-state index in [1.807, 2.05) is 19.1 Å². The van der Waals surface area contributed by atoms with Crippen LogP contribution in [0.5, 0.6) is 5.75 Å². The number of hydrogen-bond acceptors (Lipinski definition) is 4. The first-order chi connectivity index (χ1) is 6.38. The standard InChI is InChI=1S/C9H14N2O2/c1-2-13-8-4-3-5-10-9(8)11-6-7-12/h3-5,12H,2,6-7H2,1H3,(H,10,11). The zero-order valence-electron chi connectivity index (χ0n) is 7.66. The molecule has 0 saturated carbocycles. The molecule has 13 heavy (non-hydrogen) atoms. The normalized spacial score (nSPS) is 9.69. The zero-order valence-corrected chi connectivity index (χ0v) is 7.66. The van der Waals surface area contributed by atoms with Crippen LogP contribution in [0, 0.1) is 0 Å². The maximum absolute atomic E-state index is 8.62. The van der Waals surface area contributed by atoms with Gasteiger partial charge in [-0.25, -0.2) is 4.98 Å². The smallest absolute Gasteiger partial charge is 0.168 e. The lowest BCUT2D eigenvalue weighted by Gasteiger charge is -2.09. The quantitative estimate of drug-likeness (QED) is 0.710. The second-order valence-electron chi connectivity index (χ2n) is 2.43. The van der Waals surface area contributed by atoms with Crippen molar-refractivity contribution in [1.29, 1.82) is 0 Å². The van der Waals surface area contributed by atoms with Gasteiger partial charge < -0.3 is 15.2 Å². The van der Waals surface area contributed by atoms with E-state index < -0.39 is 0 Å². The second kappa shape index (κ2) is 5.37. The fourth-order valence-electron chi connectivity index (χ4n) is 0.970. The Morgan fingerprint density at radius 2 is 2.46 bits per heavy atom. The summed E-state index contributed by atoms with van der Waals surface area (Å²) in [6.45, 7) is 3.10. The summed E-state index contributed by atoms with van der Waals surface area (Å²) in [5, 5.41) is 11.6. The third kappa shape index (κ3) is 2.91. The molecule has 0 unspecified atom stereocenters. The van der Waals surface area contributed by atoms with Crippen molar-refractivity contribution in [3.63, 3.8) is 0 Å². The number of rotatable bonds is 5.